The molecule has 0 bridgehead atoms. The van der Waals surface area contributed by atoms with Gasteiger partial charge in [0.1, 0.15) is 29.2 Å². The van der Waals surface area contributed by atoms with Gasteiger partial charge in [-0.3, -0.25) is 4.79 Å². The SMILES string of the molecule is CC(C)(C)OC(=O)NC1CCN(C(=O)[C@@H]2C[C@H](Oc3ccc(C(F)(F)F)cc3)CCN2S(=O)(=O)c2ccc(OCC3CCCCC3)cc2)CC1. The highest BCUT2D eigenvalue weighted by Crippen LogP contribution is 2.33. The molecule has 2 amide bonds. The van der Waals surface area contributed by atoms with Crippen molar-refractivity contribution in [3.63, 3.8) is 0 Å². The highest BCUT2D eigenvalue weighted by atomic mass is 32.2. The number of carbonyl (C=O) groups excluding carboxylic acids is 2. The summed E-state index contributed by atoms with van der Waals surface area (Å²) in [4.78, 5) is 28.0. The number of ether oxygens (including phenoxy) is 3. The van der Waals surface area contributed by atoms with E-state index in [2.05, 4.69) is 5.32 Å². The van der Waals surface area contributed by atoms with Crippen molar-refractivity contribution in [2.45, 2.75) is 113 Å². The topological polar surface area (TPSA) is 114 Å². The first-order valence-corrected chi connectivity index (χ1v) is 18.9. The van der Waals surface area contributed by atoms with Crippen molar-refractivity contribution in [1.82, 2.24) is 14.5 Å². The molecule has 2 saturated heterocycles. The summed E-state index contributed by atoms with van der Waals surface area (Å²) in [6.45, 7) is 6.45. The smallest absolute Gasteiger partial charge is 0.416 e. The van der Waals surface area contributed by atoms with E-state index in [-0.39, 0.29) is 36.1 Å². The largest absolute Gasteiger partial charge is 0.493 e. The van der Waals surface area contributed by atoms with Crippen LogP contribution in [-0.2, 0) is 25.7 Å². The van der Waals surface area contributed by atoms with Crippen molar-refractivity contribution in [3.05, 3.63) is 54.1 Å². The Hall–Kier alpha value is -3.52. The monoisotopic (exact) mass is 723 g/mol. The number of carbonyl (C=O) groups is 2. The van der Waals surface area contributed by atoms with Crippen LogP contribution in [0.15, 0.2) is 53.4 Å². The minimum Gasteiger partial charge on any atom is -0.493 e. The summed E-state index contributed by atoms with van der Waals surface area (Å²) in [5, 5.41) is 2.84. The molecule has 2 atom stereocenters. The number of hydrogen-bond acceptors (Lipinski definition) is 7. The van der Waals surface area contributed by atoms with Crippen LogP contribution in [0.1, 0.15) is 84.1 Å². The first-order valence-electron chi connectivity index (χ1n) is 17.5. The number of nitrogens with one attached hydrogen (secondary N) is 1. The summed E-state index contributed by atoms with van der Waals surface area (Å²) in [5.41, 5.74) is -1.47. The molecule has 2 aliphatic heterocycles. The fourth-order valence-electron chi connectivity index (χ4n) is 6.79. The van der Waals surface area contributed by atoms with E-state index in [1.807, 2.05) is 0 Å². The number of piperidine rings is 2. The molecule has 5 rings (SSSR count). The zero-order valence-corrected chi connectivity index (χ0v) is 29.7. The lowest BCUT2D eigenvalue weighted by molar-refractivity contribution is -0.139. The van der Waals surface area contributed by atoms with Crippen LogP contribution in [0.5, 0.6) is 11.5 Å². The summed E-state index contributed by atoms with van der Waals surface area (Å²) >= 11 is 0. The van der Waals surface area contributed by atoms with Crippen molar-refractivity contribution in [1.29, 1.82) is 0 Å². The van der Waals surface area contributed by atoms with Gasteiger partial charge in [0.15, 0.2) is 0 Å². The Morgan fingerprint density at radius 3 is 2.06 bits per heavy atom. The molecule has 50 heavy (non-hydrogen) atoms. The summed E-state index contributed by atoms with van der Waals surface area (Å²) in [7, 11) is -4.13. The molecule has 0 spiro atoms. The Balaban J connectivity index is 1.29. The number of halogens is 3. The Morgan fingerprint density at radius 2 is 1.46 bits per heavy atom. The summed E-state index contributed by atoms with van der Waals surface area (Å²) in [6.07, 6.45) is 1.38. The lowest BCUT2D eigenvalue weighted by Crippen LogP contribution is -2.58. The van der Waals surface area contributed by atoms with Crippen molar-refractivity contribution in [2.24, 2.45) is 5.92 Å². The standard InChI is InChI=1S/C36H48F3N3O7S/c1-35(2,3)49-34(44)40-27-17-20-41(21-18-27)33(43)32-23-30(48-29-11-9-26(10-12-29)36(37,38)39)19-22-42(32)50(45,46)31-15-13-28(14-16-31)47-24-25-7-5-4-6-8-25/h9-16,25,27,30,32H,4-8,17-24H2,1-3H3,(H,40,44)/t30-,32+/m1/s1. The molecule has 1 N–H and O–H groups in total. The number of benzene rings is 2. The molecule has 1 aliphatic carbocycles. The number of hydrogen-bond donors (Lipinski definition) is 1. The van der Waals surface area contributed by atoms with Crippen LogP contribution >= 0.6 is 0 Å². The van der Waals surface area contributed by atoms with Gasteiger partial charge in [-0.2, -0.15) is 17.5 Å². The highest BCUT2D eigenvalue weighted by Gasteiger charge is 2.44. The third-order valence-corrected chi connectivity index (χ3v) is 11.4. The number of alkyl halides is 3. The summed E-state index contributed by atoms with van der Waals surface area (Å²) < 4.78 is 86.0. The van der Waals surface area contributed by atoms with E-state index < -0.39 is 51.5 Å². The van der Waals surface area contributed by atoms with Crippen molar-refractivity contribution in [3.8, 4) is 11.5 Å². The van der Waals surface area contributed by atoms with Gasteiger partial charge in [0, 0.05) is 32.1 Å². The van der Waals surface area contributed by atoms with E-state index in [1.54, 1.807) is 37.8 Å². The van der Waals surface area contributed by atoms with Crippen molar-refractivity contribution >= 4 is 22.0 Å². The van der Waals surface area contributed by atoms with Crippen LogP contribution in [0, 0.1) is 5.92 Å². The molecule has 0 radical (unpaired) electrons. The van der Waals surface area contributed by atoms with Gasteiger partial charge >= 0.3 is 12.3 Å². The molecule has 2 aromatic carbocycles. The average molecular weight is 724 g/mol. The van der Waals surface area contributed by atoms with Gasteiger partial charge in [-0.05, 0) is 107 Å². The third kappa shape index (κ3) is 10.0. The van der Waals surface area contributed by atoms with Crippen LogP contribution in [0.4, 0.5) is 18.0 Å². The molecule has 10 nitrogen and oxygen atoms in total. The molecule has 0 unspecified atom stereocenters. The number of alkyl carbamates (subject to hydrolysis) is 1. The second-order valence-electron chi connectivity index (χ2n) is 14.5. The molecule has 1 saturated carbocycles. The second kappa shape index (κ2) is 15.8. The van der Waals surface area contributed by atoms with Crippen LogP contribution in [0.25, 0.3) is 0 Å². The van der Waals surface area contributed by atoms with Crippen LogP contribution in [-0.4, -0.2) is 79.7 Å². The number of nitrogens with zero attached hydrogens (tertiary/aromatic N) is 2. The quantitative estimate of drug-likeness (QED) is 0.304. The molecule has 2 aromatic rings. The van der Waals surface area contributed by atoms with E-state index >= 15 is 0 Å². The Labute approximate surface area is 292 Å². The Bertz CT molecular complexity index is 1550. The number of sulfonamides is 1. The Kier molecular flexibility index (Phi) is 11.9. The fraction of sp³-hybridized carbons (Fsp3) is 0.611. The van der Waals surface area contributed by atoms with E-state index in [1.165, 1.54) is 47.8 Å². The highest BCUT2D eigenvalue weighted by molar-refractivity contribution is 7.89. The van der Waals surface area contributed by atoms with Crippen LogP contribution < -0.4 is 14.8 Å². The maximum atomic E-state index is 14.1. The zero-order valence-electron chi connectivity index (χ0n) is 28.9. The predicted molar refractivity (Wildman–Crippen MR) is 180 cm³/mol. The second-order valence-corrected chi connectivity index (χ2v) is 16.3. The number of likely N-dealkylation sites (tertiary alicyclic amines) is 1. The van der Waals surface area contributed by atoms with Crippen molar-refractivity contribution < 1.29 is 45.4 Å². The van der Waals surface area contributed by atoms with Gasteiger partial charge in [-0.15, -0.1) is 0 Å². The zero-order chi connectivity index (χ0) is 36.1. The molecule has 3 aliphatic rings. The predicted octanol–water partition coefficient (Wildman–Crippen LogP) is 6.78. The minimum atomic E-state index is -4.49. The lowest BCUT2D eigenvalue weighted by atomic mass is 9.90. The summed E-state index contributed by atoms with van der Waals surface area (Å²) in [5.74, 6) is 0.873. The Morgan fingerprint density at radius 1 is 0.840 bits per heavy atom. The van der Waals surface area contributed by atoms with Gasteiger partial charge < -0.3 is 24.4 Å². The van der Waals surface area contributed by atoms with Crippen molar-refractivity contribution in [2.75, 3.05) is 26.2 Å². The molecule has 276 valence electrons. The van der Waals surface area contributed by atoms with E-state index in [4.69, 9.17) is 14.2 Å². The third-order valence-electron chi connectivity index (χ3n) is 9.44. The van der Waals surface area contributed by atoms with Gasteiger partial charge in [0.2, 0.25) is 15.9 Å². The average Bonchev–Trinajstić information content (AvgIpc) is 3.07. The molecular weight excluding hydrogens is 675 g/mol. The molecule has 14 heteroatoms. The van der Waals surface area contributed by atoms with Crippen LogP contribution in [0.3, 0.4) is 0 Å². The van der Waals surface area contributed by atoms with Crippen LogP contribution in [0.2, 0.25) is 0 Å². The van der Waals surface area contributed by atoms with E-state index in [0.29, 0.717) is 44.2 Å². The fourth-order valence-corrected chi connectivity index (χ4v) is 8.39. The molecule has 3 fully saturated rings. The first kappa shape index (κ1) is 37.7. The molecular formula is C36H48F3N3O7S. The number of amides is 2. The van der Waals surface area contributed by atoms with E-state index in [9.17, 15) is 31.2 Å². The molecule has 0 aromatic heterocycles. The van der Waals surface area contributed by atoms with Gasteiger partial charge in [-0.25, -0.2) is 13.2 Å². The summed E-state index contributed by atoms with van der Waals surface area (Å²) in [6, 6.07) is 9.24. The van der Waals surface area contributed by atoms with Gasteiger partial charge in [0.05, 0.1) is 17.1 Å². The lowest BCUT2D eigenvalue weighted by Gasteiger charge is -2.41. The minimum absolute atomic E-state index is 0.0117. The number of rotatable bonds is 9. The molecule has 2 heterocycles. The maximum Gasteiger partial charge on any atom is 0.416 e. The van der Waals surface area contributed by atoms with E-state index in [0.717, 1.165) is 25.0 Å². The first-order chi connectivity index (χ1) is 23.6. The van der Waals surface area contributed by atoms with Gasteiger partial charge in [-0.1, -0.05) is 19.3 Å². The normalized spacial score (nSPS) is 21.8. The maximum absolute atomic E-state index is 14.1. The van der Waals surface area contributed by atoms with Gasteiger partial charge in [0.25, 0.3) is 0 Å².